The van der Waals surface area contributed by atoms with E-state index in [0.29, 0.717) is 0 Å². The minimum absolute atomic E-state index is 0.163. The Kier molecular flexibility index (Phi) is 4.55. The van der Waals surface area contributed by atoms with E-state index >= 15 is 0 Å². The van der Waals surface area contributed by atoms with Crippen LogP contribution in [-0.4, -0.2) is 35.9 Å². The SMILES string of the molecule is CNC(=O)C1CCN(Cc2cc(Cl)ccn2)CC1. The molecule has 1 amide bonds. The highest BCUT2D eigenvalue weighted by Gasteiger charge is 2.24. The molecule has 0 unspecified atom stereocenters. The van der Waals surface area contributed by atoms with Crippen LogP contribution in [0, 0.1) is 5.92 Å². The van der Waals surface area contributed by atoms with Gasteiger partial charge in [0.25, 0.3) is 0 Å². The van der Waals surface area contributed by atoms with Gasteiger partial charge in [-0.3, -0.25) is 14.7 Å². The average molecular weight is 268 g/mol. The van der Waals surface area contributed by atoms with E-state index in [0.717, 1.165) is 43.2 Å². The summed E-state index contributed by atoms with van der Waals surface area (Å²) < 4.78 is 0. The number of hydrogen-bond acceptors (Lipinski definition) is 3. The van der Waals surface area contributed by atoms with Crippen molar-refractivity contribution < 1.29 is 4.79 Å². The summed E-state index contributed by atoms with van der Waals surface area (Å²) in [5.74, 6) is 0.328. The molecule has 1 N–H and O–H groups in total. The van der Waals surface area contributed by atoms with Crippen LogP contribution < -0.4 is 5.32 Å². The van der Waals surface area contributed by atoms with E-state index in [1.807, 2.05) is 6.07 Å². The van der Waals surface area contributed by atoms with Crippen molar-refractivity contribution in [1.29, 1.82) is 0 Å². The van der Waals surface area contributed by atoms with Crippen LogP contribution >= 0.6 is 11.6 Å². The van der Waals surface area contributed by atoms with Crippen LogP contribution in [0.5, 0.6) is 0 Å². The first-order valence-electron chi connectivity index (χ1n) is 6.23. The van der Waals surface area contributed by atoms with E-state index in [-0.39, 0.29) is 11.8 Å². The number of likely N-dealkylation sites (tertiary alicyclic amines) is 1. The lowest BCUT2D eigenvalue weighted by Gasteiger charge is -2.30. The zero-order valence-corrected chi connectivity index (χ0v) is 11.3. The van der Waals surface area contributed by atoms with Gasteiger partial charge >= 0.3 is 0 Å². The van der Waals surface area contributed by atoms with Crippen LogP contribution in [0.15, 0.2) is 18.3 Å². The van der Waals surface area contributed by atoms with Crippen molar-refractivity contribution in [2.45, 2.75) is 19.4 Å². The van der Waals surface area contributed by atoms with Gasteiger partial charge in [-0.25, -0.2) is 0 Å². The van der Waals surface area contributed by atoms with E-state index in [4.69, 9.17) is 11.6 Å². The summed E-state index contributed by atoms with van der Waals surface area (Å²) in [4.78, 5) is 18.1. The van der Waals surface area contributed by atoms with E-state index in [1.54, 1.807) is 19.3 Å². The van der Waals surface area contributed by atoms with Crippen molar-refractivity contribution in [2.75, 3.05) is 20.1 Å². The third-order valence-corrected chi connectivity index (χ3v) is 3.60. The molecule has 98 valence electrons. The van der Waals surface area contributed by atoms with Gasteiger partial charge in [0.15, 0.2) is 0 Å². The number of pyridine rings is 1. The lowest BCUT2D eigenvalue weighted by atomic mass is 9.96. The van der Waals surface area contributed by atoms with Crippen molar-refractivity contribution in [3.05, 3.63) is 29.0 Å². The van der Waals surface area contributed by atoms with Crippen LogP contribution in [0.3, 0.4) is 0 Å². The summed E-state index contributed by atoms with van der Waals surface area (Å²) in [6, 6.07) is 3.68. The number of rotatable bonds is 3. The lowest BCUT2D eigenvalue weighted by Crippen LogP contribution is -2.39. The summed E-state index contributed by atoms with van der Waals surface area (Å²) in [5, 5.41) is 3.44. The minimum atomic E-state index is 0.163. The van der Waals surface area contributed by atoms with Gasteiger partial charge in [0.2, 0.25) is 5.91 Å². The van der Waals surface area contributed by atoms with Crippen molar-refractivity contribution in [2.24, 2.45) is 5.92 Å². The van der Waals surface area contributed by atoms with Gasteiger partial charge < -0.3 is 5.32 Å². The minimum Gasteiger partial charge on any atom is -0.359 e. The highest BCUT2D eigenvalue weighted by molar-refractivity contribution is 6.30. The van der Waals surface area contributed by atoms with Crippen LogP contribution in [0.25, 0.3) is 0 Å². The Morgan fingerprint density at radius 3 is 2.89 bits per heavy atom. The smallest absolute Gasteiger partial charge is 0.222 e. The quantitative estimate of drug-likeness (QED) is 0.907. The highest BCUT2D eigenvalue weighted by atomic mass is 35.5. The number of amides is 1. The molecule has 1 aromatic heterocycles. The number of hydrogen-bond donors (Lipinski definition) is 1. The summed E-state index contributed by atoms with van der Waals surface area (Å²) >= 11 is 5.93. The third-order valence-electron chi connectivity index (χ3n) is 3.37. The molecule has 0 radical (unpaired) electrons. The third kappa shape index (κ3) is 3.43. The second-order valence-electron chi connectivity index (χ2n) is 4.63. The summed E-state index contributed by atoms with van der Waals surface area (Å²) in [6.07, 6.45) is 3.56. The molecule has 2 rings (SSSR count). The molecule has 0 saturated carbocycles. The molecule has 4 nitrogen and oxygen atoms in total. The molecule has 0 aliphatic carbocycles. The fraction of sp³-hybridized carbons (Fsp3) is 0.538. The molecule has 0 aromatic carbocycles. The van der Waals surface area contributed by atoms with Gasteiger partial charge in [0.1, 0.15) is 0 Å². The molecule has 1 aromatic rings. The molecule has 1 aliphatic heterocycles. The molecule has 0 atom stereocenters. The zero-order valence-electron chi connectivity index (χ0n) is 10.5. The van der Waals surface area contributed by atoms with Gasteiger partial charge in [-0.15, -0.1) is 0 Å². The predicted octanol–water partition coefficient (Wildman–Crippen LogP) is 1.69. The standard InChI is InChI=1S/C13H18ClN3O/c1-15-13(18)10-3-6-17(7-4-10)9-12-8-11(14)2-5-16-12/h2,5,8,10H,3-4,6-7,9H2,1H3,(H,15,18). The second kappa shape index (κ2) is 6.16. The molecule has 0 bridgehead atoms. The van der Waals surface area contributed by atoms with Gasteiger partial charge in [-0.05, 0) is 38.1 Å². The van der Waals surface area contributed by atoms with Gasteiger partial charge in [0.05, 0.1) is 5.69 Å². The number of carbonyl (C=O) groups is 1. The van der Waals surface area contributed by atoms with Crippen molar-refractivity contribution in [3.8, 4) is 0 Å². The van der Waals surface area contributed by atoms with Crippen LogP contribution in [-0.2, 0) is 11.3 Å². The number of nitrogens with zero attached hydrogens (tertiary/aromatic N) is 2. The molecule has 5 heteroatoms. The Labute approximate surface area is 112 Å². The van der Waals surface area contributed by atoms with Crippen molar-refractivity contribution >= 4 is 17.5 Å². The van der Waals surface area contributed by atoms with Crippen molar-refractivity contribution in [1.82, 2.24) is 15.2 Å². The van der Waals surface area contributed by atoms with E-state index in [2.05, 4.69) is 15.2 Å². The predicted molar refractivity (Wildman–Crippen MR) is 71.3 cm³/mol. The maximum atomic E-state index is 11.5. The molecule has 1 aliphatic rings. The maximum Gasteiger partial charge on any atom is 0.222 e. The Balaban J connectivity index is 1.85. The number of aromatic nitrogens is 1. The molecule has 0 spiro atoms. The van der Waals surface area contributed by atoms with Gasteiger partial charge in [0, 0.05) is 30.7 Å². The fourth-order valence-electron chi connectivity index (χ4n) is 2.32. The molecular weight excluding hydrogens is 250 g/mol. The molecule has 1 saturated heterocycles. The van der Waals surface area contributed by atoms with E-state index < -0.39 is 0 Å². The Hall–Kier alpha value is -1.13. The monoisotopic (exact) mass is 267 g/mol. The Morgan fingerprint density at radius 1 is 1.56 bits per heavy atom. The summed E-state index contributed by atoms with van der Waals surface area (Å²) in [5.41, 5.74) is 0.987. The second-order valence-corrected chi connectivity index (χ2v) is 5.07. The lowest BCUT2D eigenvalue weighted by molar-refractivity contribution is -0.125. The fourth-order valence-corrected chi connectivity index (χ4v) is 2.50. The Bertz CT molecular complexity index is 416. The van der Waals surface area contributed by atoms with E-state index in [1.165, 1.54) is 0 Å². The number of piperidine rings is 1. The topological polar surface area (TPSA) is 45.2 Å². The Morgan fingerprint density at radius 2 is 2.28 bits per heavy atom. The van der Waals surface area contributed by atoms with E-state index in [9.17, 15) is 4.79 Å². The highest BCUT2D eigenvalue weighted by Crippen LogP contribution is 2.19. The zero-order chi connectivity index (χ0) is 13.0. The van der Waals surface area contributed by atoms with Crippen LogP contribution in [0.4, 0.5) is 0 Å². The first-order chi connectivity index (χ1) is 8.69. The number of carbonyl (C=O) groups excluding carboxylic acids is 1. The summed E-state index contributed by atoms with van der Waals surface area (Å²) in [6.45, 7) is 2.68. The molecule has 18 heavy (non-hydrogen) atoms. The van der Waals surface area contributed by atoms with Crippen LogP contribution in [0.1, 0.15) is 18.5 Å². The maximum absolute atomic E-state index is 11.5. The number of halogens is 1. The van der Waals surface area contributed by atoms with Gasteiger partial charge in [-0.1, -0.05) is 11.6 Å². The van der Waals surface area contributed by atoms with Crippen molar-refractivity contribution in [3.63, 3.8) is 0 Å². The average Bonchev–Trinajstić information content (AvgIpc) is 2.39. The normalized spacial score (nSPS) is 17.7. The molecule has 1 fully saturated rings. The first kappa shape index (κ1) is 13.3. The van der Waals surface area contributed by atoms with Crippen LogP contribution in [0.2, 0.25) is 5.02 Å². The molecular formula is C13H18ClN3O. The molecule has 2 heterocycles. The largest absolute Gasteiger partial charge is 0.359 e. The first-order valence-corrected chi connectivity index (χ1v) is 6.61. The summed E-state index contributed by atoms with van der Waals surface area (Å²) in [7, 11) is 1.70. The van der Waals surface area contributed by atoms with Gasteiger partial charge in [-0.2, -0.15) is 0 Å². The number of nitrogens with one attached hydrogen (secondary N) is 1.